The predicted molar refractivity (Wildman–Crippen MR) is 127 cm³/mol. The molecule has 0 aromatic heterocycles. The van der Waals surface area contributed by atoms with E-state index in [0.29, 0.717) is 16.8 Å². The molecule has 0 bridgehead atoms. The molecule has 0 radical (unpaired) electrons. The Hall–Kier alpha value is -0.110. The zero-order chi connectivity index (χ0) is 23.6. The monoisotopic (exact) mass is 483 g/mol. The molecule has 7 nitrogen and oxygen atoms in total. The summed E-state index contributed by atoms with van der Waals surface area (Å²) in [7, 11) is 5.94. The maximum Gasteiger partial charge on any atom is 0.306 e. The molecule has 0 aliphatic rings. The summed E-state index contributed by atoms with van der Waals surface area (Å²) in [6.45, 7) is -1.99. The summed E-state index contributed by atoms with van der Waals surface area (Å²) < 4.78 is 22.7. The molecule has 0 amide bonds. The number of nitrogens with zero attached hydrogens (tertiary/aromatic N) is 1. The number of hydrogen-bond acceptors (Lipinski definition) is 7. The number of carbonyl (C=O) groups is 1. The first-order chi connectivity index (χ1) is 14.6. The van der Waals surface area contributed by atoms with Crippen LogP contribution in [0, 0.1) is 0 Å². The van der Waals surface area contributed by atoms with Gasteiger partial charge in [-0.05, 0) is 6.42 Å². The second-order valence-electron chi connectivity index (χ2n) is 9.17. The Morgan fingerprint density at radius 1 is 1.00 bits per heavy atom. The molecule has 0 aliphatic carbocycles. The molecule has 0 aliphatic heterocycles. The Morgan fingerprint density at radius 3 is 2.00 bits per heavy atom. The lowest BCUT2D eigenvalue weighted by atomic mass is 10.1. The first-order valence-corrected chi connectivity index (χ1v) is 14.9. The number of carbonyl (C=O) groups excluding carboxylic acids is 1. The summed E-state index contributed by atoms with van der Waals surface area (Å²) in [6, 6.07) is 0. The fraction of sp³-hybridized carbons (Fsp3) is 0.955. The SMILES string of the molecule is CCCCCCCCCCCCCC(=O)O[C@H](CO)COP(=O)([O-])SCC[N+](C)(C)C. The van der Waals surface area contributed by atoms with Gasteiger partial charge in [0.15, 0.2) is 6.80 Å². The number of aliphatic hydroxyl groups excluding tert-OH is 1. The number of rotatable bonds is 21. The van der Waals surface area contributed by atoms with Crippen molar-refractivity contribution in [2.45, 2.75) is 90.1 Å². The van der Waals surface area contributed by atoms with E-state index < -0.39 is 25.5 Å². The summed E-state index contributed by atoms with van der Waals surface area (Å²) in [4.78, 5) is 23.9. The van der Waals surface area contributed by atoms with Crippen molar-refractivity contribution in [1.29, 1.82) is 0 Å². The van der Waals surface area contributed by atoms with E-state index in [1.807, 2.05) is 21.1 Å². The van der Waals surface area contributed by atoms with Crippen LogP contribution in [0.2, 0.25) is 0 Å². The highest BCUT2D eigenvalue weighted by atomic mass is 32.7. The minimum absolute atomic E-state index is 0.279. The van der Waals surface area contributed by atoms with Crippen molar-refractivity contribution in [2.24, 2.45) is 0 Å². The van der Waals surface area contributed by atoms with E-state index in [2.05, 4.69) is 6.92 Å². The smallest absolute Gasteiger partial charge is 0.306 e. The molecule has 0 heterocycles. The van der Waals surface area contributed by atoms with Crippen molar-refractivity contribution in [2.75, 3.05) is 46.7 Å². The van der Waals surface area contributed by atoms with Crippen LogP contribution in [-0.4, -0.2) is 68.3 Å². The van der Waals surface area contributed by atoms with Crippen LogP contribution in [0.4, 0.5) is 0 Å². The molecule has 0 aromatic carbocycles. The minimum Gasteiger partial charge on any atom is -0.770 e. The van der Waals surface area contributed by atoms with E-state index in [9.17, 15) is 19.4 Å². The average molecular weight is 484 g/mol. The van der Waals surface area contributed by atoms with Crippen LogP contribution in [0.25, 0.3) is 0 Å². The molecule has 31 heavy (non-hydrogen) atoms. The predicted octanol–water partition coefficient (Wildman–Crippen LogP) is 4.52. The van der Waals surface area contributed by atoms with E-state index in [1.54, 1.807) is 0 Å². The summed E-state index contributed by atoms with van der Waals surface area (Å²) in [6.07, 6.45) is 12.5. The maximum atomic E-state index is 11.9. The molecule has 9 heteroatoms. The van der Waals surface area contributed by atoms with Gasteiger partial charge in [0.25, 0.3) is 0 Å². The standard InChI is InChI=1S/C22H46NO6PS/c1-5-6-7-8-9-10-11-12-13-14-15-16-22(25)29-21(19-24)20-28-30(26,27)31-18-17-23(2,3)4/h21,24H,5-20H2,1-4H3/t21-/m1/s1. The molecular weight excluding hydrogens is 437 g/mol. The second-order valence-corrected chi connectivity index (χ2v) is 13.1. The first kappa shape index (κ1) is 30.9. The lowest BCUT2D eigenvalue weighted by molar-refractivity contribution is -0.867. The van der Waals surface area contributed by atoms with Crippen LogP contribution >= 0.6 is 18.2 Å². The quantitative estimate of drug-likeness (QED) is 0.111. The van der Waals surface area contributed by atoms with Crippen molar-refractivity contribution in [1.82, 2.24) is 0 Å². The number of ether oxygens (including phenoxy) is 1. The Labute approximate surface area is 194 Å². The van der Waals surface area contributed by atoms with Crippen molar-refractivity contribution < 1.29 is 33.1 Å². The van der Waals surface area contributed by atoms with Gasteiger partial charge in [-0.3, -0.25) is 9.36 Å². The highest BCUT2D eigenvalue weighted by molar-refractivity contribution is 8.54. The van der Waals surface area contributed by atoms with Crippen molar-refractivity contribution >= 4 is 24.1 Å². The lowest BCUT2D eigenvalue weighted by Crippen LogP contribution is -2.36. The molecule has 186 valence electrons. The molecule has 0 spiro atoms. The van der Waals surface area contributed by atoms with Crippen LogP contribution in [-0.2, 0) is 18.6 Å². The largest absolute Gasteiger partial charge is 0.770 e. The van der Waals surface area contributed by atoms with Crippen LogP contribution in [0.5, 0.6) is 0 Å². The van der Waals surface area contributed by atoms with Crippen LogP contribution in [0.3, 0.4) is 0 Å². The highest BCUT2D eigenvalue weighted by Gasteiger charge is 2.19. The minimum atomic E-state index is -4.08. The van der Waals surface area contributed by atoms with Crippen LogP contribution < -0.4 is 4.89 Å². The average Bonchev–Trinajstić information content (AvgIpc) is 2.68. The molecule has 0 saturated carbocycles. The second kappa shape index (κ2) is 18.3. The van der Waals surface area contributed by atoms with Gasteiger partial charge in [-0.15, -0.1) is 0 Å². The van der Waals surface area contributed by atoms with Crippen molar-refractivity contribution in [3.8, 4) is 0 Å². The molecule has 0 saturated heterocycles. The zero-order valence-electron chi connectivity index (χ0n) is 20.2. The van der Waals surface area contributed by atoms with Gasteiger partial charge in [0.05, 0.1) is 46.7 Å². The van der Waals surface area contributed by atoms with Crippen LogP contribution in [0.1, 0.15) is 84.0 Å². The Morgan fingerprint density at radius 2 is 1.52 bits per heavy atom. The number of unbranched alkanes of at least 4 members (excludes halogenated alkanes) is 10. The van der Waals surface area contributed by atoms with E-state index in [0.717, 1.165) is 30.6 Å². The summed E-state index contributed by atoms with van der Waals surface area (Å²) in [5, 5.41) is 9.36. The van der Waals surface area contributed by atoms with Crippen molar-refractivity contribution in [3.63, 3.8) is 0 Å². The Balaban J connectivity index is 3.81. The molecule has 0 aromatic rings. The topological polar surface area (TPSA) is 95.9 Å². The molecule has 0 rings (SSSR count). The number of aliphatic hydroxyl groups is 1. The molecular formula is C22H46NO6PS. The summed E-state index contributed by atoms with van der Waals surface area (Å²) >= 11 is 0.746. The summed E-state index contributed by atoms with van der Waals surface area (Å²) in [5.41, 5.74) is 0. The third-order valence-electron chi connectivity index (χ3n) is 4.92. The zero-order valence-corrected chi connectivity index (χ0v) is 21.9. The van der Waals surface area contributed by atoms with Crippen LogP contribution in [0.15, 0.2) is 0 Å². The van der Waals surface area contributed by atoms with Gasteiger partial charge in [-0.1, -0.05) is 82.5 Å². The number of esters is 1. The van der Waals surface area contributed by atoms with E-state index in [1.165, 1.54) is 51.4 Å². The molecule has 1 unspecified atom stereocenters. The van der Waals surface area contributed by atoms with E-state index in [-0.39, 0.29) is 13.0 Å². The van der Waals surface area contributed by atoms with Gasteiger partial charge in [0, 0.05) is 6.42 Å². The summed E-state index contributed by atoms with van der Waals surface area (Å²) in [5.74, 6) is -0.0100. The number of hydrogen-bond donors (Lipinski definition) is 1. The van der Waals surface area contributed by atoms with Gasteiger partial charge in [0.1, 0.15) is 6.10 Å². The fourth-order valence-corrected chi connectivity index (χ4v) is 5.54. The van der Waals surface area contributed by atoms with Crippen molar-refractivity contribution in [3.05, 3.63) is 0 Å². The molecule has 1 N–H and O–H groups in total. The fourth-order valence-electron chi connectivity index (χ4n) is 2.94. The van der Waals surface area contributed by atoms with Gasteiger partial charge in [-0.2, -0.15) is 0 Å². The van der Waals surface area contributed by atoms with E-state index in [4.69, 9.17) is 9.26 Å². The van der Waals surface area contributed by atoms with Gasteiger partial charge in [0.2, 0.25) is 0 Å². The van der Waals surface area contributed by atoms with Gasteiger partial charge in [-0.25, -0.2) is 0 Å². The van der Waals surface area contributed by atoms with Gasteiger partial charge < -0.3 is 23.7 Å². The van der Waals surface area contributed by atoms with E-state index >= 15 is 0 Å². The Kier molecular flexibility index (Phi) is 18.3. The molecule has 0 fully saturated rings. The lowest BCUT2D eigenvalue weighted by Gasteiger charge is -2.27. The third-order valence-corrected chi connectivity index (χ3v) is 7.88. The number of quaternary nitrogens is 1. The van der Waals surface area contributed by atoms with Gasteiger partial charge >= 0.3 is 5.97 Å². The Bertz CT molecular complexity index is 501. The highest BCUT2D eigenvalue weighted by Crippen LogP contribution is 2.51. The normalized spacial score (nSPS) is 14.9. The third kappa shape index (κ3) is 21.5. The first-order valence-electron chi connectivity index (χ1n) is 11.8. The maximum absolute atomic E-state index is 11.9. The molecule has 2 atom stereocenters.